The van der Waals surface area contributed by atoms with Crippen LogP contribution in [0.1, 0.15) is 16.1 Å². The molecule has 0 spiro atoms. The lowest BCUT2D eigenvalue weighted by atomic mass is 10.1. The summed E-state index contributed by atoms with van der Waals surface area (Å²) in [5.41, 5.74) is 0.984. The highest BCUT2D eigenvalue weighted by atomic mass is 19.4. The van der Waals surface area contributed by atoms with Crippen LogP contribution in [0.3, 0.4) is 0 Å². The minimum Gasteiger partial charge on any atom is -0.497 e. The number of methoxy groups -OCH3 is 1. The molecule has 5 aromatic rings. The number of H-pyrrole nitrogens is 1. The molecule has 0 fully saturated rings. The Balaban J connectivity index is 1.46. The molecule has 2 aromatic heterocycles. The van der Waals surface area contributed by atoms with Crippen molar-refractivity contribution in [3.63, 3.8) is 0 Å². The number of para-hydroxylation sites is 2. The van der Waals surface area contributed by atoms with Crippen LogP contribution in [0.2, 0.25) is 0 Å². The lowest BCUT2D eigenvalue weighted by Gasteiger charge is -2.13. The van der Waals surface area contributed by atoms with Crippen LogP contribution < -0.4 is 10.1 Å². The van der Waals surface area contributed by atoms with Gasteiger partial charge in [-0.25, -0.2) is 9.67 Å². The molecule has 0 atom stereocenters. The number of halogens is 3. The number of carbonyl (C=O) groups is 1. The van der Waals surface area contributed by atoms with Crippen molar-refractivity contribution in [2.75, 3.05) is 12.4 Å². The topological polar surface area (TPSA) is 84.8 Å². The van der Waals surface area contributed by atoms with Gasteiger partial charge in [0.15, 0.2) is 5.69 Å². The molecule has 3 aromatic carbocycles. The summed E-state index contributed by atoms with van der Waals surface area (Å²) < 4.78 is 47.7. The normalized spacial score (nSPS) is 11.5. The van der Waals surface area contributed by atoms with E-state index in [2.05, 4.69) is 20.4 Å². The molecule has 35 heavy (non-hydrogen) atoms. The highest BCUT2D eigenvalue weighted by Gasteiger charge is 2.40. The van der Waals surface area contributed by atoms with Crippen LogP contribution in [0.4, 0.5) is 18.9 Å². The molecule has 0 aliphatic carbocycles. The monoisotopic (exact) mass is 477 g/mol. The van der Waals surface area contributed by atoms with Crippen molar-refractivity contribution in [3.8, 4) is 22.8 Å². The molecule has 7 nitrogen and oxygen atoms in total. The molecule has 5 rings (SSSR count). The zero-order valence-corrected chi connectivity index (χ0v) is 18.3. The minimum absolute atomic E-state index is 0.143. The Morgan fingerprint density at radius 3 is 2.51 bits per heavy atom. The van der Waals surface area contributed by atoms with Crippen molar-refractivity contribution in [2.24, 2.45) is 0 Å². The van der Waals surface area contributed by atoms with E-state index in [-0.39, 0.29) is 5.69 Å². The maximum Gasteiger partial charge on any atom is 0.434 e. The third-order valence-electron chi connectivity index (χ3n) is 5.38. The van der Waals surface area contributed by atoms with E-state index in [1.165, 1.54) is 31.4 Å². The first kappa shape index (κ1) is 22.2. The van der Waals surface area contributed by atoms with Gasteiger partial charge >= 0.3 is 6.18 Å². The van der Waals surface area contributed by atoms with Crippen LogP contribution in [-0.2, 0) is 6.18 Å². The van der Waals surface area contributed by atoms with E-state index in [0.29, 0.717) is 27.5 Å². The molecule has 1 amide bonds. The SMILES string of the molecule is COc1ccc(-n2ncc(C(=O)Nc3cccc(-c4nc5ccccc5[nH]4)c3)c2C(F)(F)F)cc1. The summed E-state index contributed by atoms with van der Waals surface area (Å²) >= 11 is 0. The number of amides is 1. The summed E-state index contributed by atoms with van der Waals surface area (Å²) in [7, 11) is 1.45. The molecule has 0 aliphatic heterocycles. The lowest BCUT2D eigenvalue weighted by Crippen LogP contribution is -2.20. The fourth-order valence-electron chi connectivity index (χ4n) is 3.74. The summed E-state index contributed by atoms with van der Waals surface area (Å²) in [4.78, 5) is 20.6. The van der Waals surface area contributed by atoms with E-state index in [1.807, 2.05) is 24.3 Å². The van der Waals surface area contributed by atoms with E-state index in [1.54, 1.807) is 24.3 Å². The third kappa shape index (κ3) is 4.33. The number of aromatic amines is 1. The second-order valence-electron chi connectivity index (χ2n) is 7.65. The van der Waals surface area contributed by atoms with Crippen LogP contribution in [0, 0.1) is 0 Å². The van der Waals surface area contributed by atoms with Crippen molar-refractivity contribution in [1.82, 2.24) is 19.7 Å². The number of imidazole rings is 1. The van der Waals surface area contributed by atoms with Gasteiger partial charge in [-0.1, -0.05) is 24.3 Å². The first-order chi connectivity index (χ1) is 16.8. The van der Waals surface area contributed by atoms with Gasteiger partial charge in [0.25, 0.3) is 5.91 Å². The molecular weight excluding hydrogens is 459 g/mol. The number of hydrogen-bond donors (Lipinski definition) is 2. The molecule has 0 aliphatic rings. The second kappa shape index (κ2) is 8.64. The standard InChI is InChI=1S/C25H18F3N5O2/c1-35-18-11-9-17(10-12-18)33-22(25(26,27)28)19(14-29-33)24(34)30-16-6-4-5-15(13-16)23-31-20-7-2-3-8-21(20)32-23/h2-14H,1H3,(H,30,34)(H,31,32). The molecule has 0 saturated heterocycles. The number of hydrogen-bond acceptors (Lipinski definition) is 4. The number of benzene rings is 3. The minimum atomic E-state index is -4.82. The first-order valence-corrected chi connectivity index (χ1v) is 10.5. The van der Waals surface area contributed by atoms with Gasteiger partial charge in [0.2, 0.25) is 0 Å². The predicted molar refractivity (Wildman–Crippen MR) is 125 cm³/mol. The van der Waals surface area contributed by atoms with Gasteiger partial charge in [-0.3, -0.25) is 4.79 Å². The van der Waals surface area contributed by atoms with Gasteiger partial charge in [-0.05, 0) is 48.5 Å². The summed E-state index contributed by atoms with van der Waals surface area (Å²) in [5.74, 6) is 0.126. The fourth-order valence-corrected chi connectivity index (χ4v) is 3.74. The van der Waals surface area contributed by atoms with Crippen LogP contribution >= 0.6 is 0 Å². The highest BCUT2D eigenvalue weighted by Crippen LogP contribution is 2.34. The van der Waals surface area contributed by atoms with Gasteiger partial charge in [0.1, 0.15) is 11.6 Å². The smallest absolute Gasteiger partial charge is 0.434 e. The number of rotatable bonds is 5. The molecule has 0 bridgehead atoms. The Kier molecular flexibility index (Phi) is 5.48. The predicted octanol–water partition coefficient (Wildman–Crippen LogP) is 5.70. The molecule has 2 N–H and O–H groups in total. The lowest BCUT2D eigenvalue weighted by molar-refractivity contribution is -0.143. The highest BCUT2D eigenvalue weighted by molar-refractivity contribution is 6.05. The van der Waals surface area contributed by atoms with Crippen LogP contribution in [0.25, 0.3) is 28.1 Å². The summed E-state index contributed by atoms with van der Waals surface area (Å²) in [6, 6.07) is 20.1. The number of anilines is 1. The Bertz CT molecular complexity index is 1490. The van der Waals surface area contributed by atoms with E-state index in [0.717, 1.165) is 17.2 Å². The van der Waals surface area contributed by atoms with Crippen molar-refractivity contribution >= 4 is 22.6 Å². The van der Waals surface area contributed by atoms with Gasteiger partial charge in [0.05, 0.1) is 35.6 Å². The Morgan fingerprint density at radius 2 is 1.80 bits per heavy atom. The number of nitrogens with one attached hydrogen (secondary N) is 2. The summed E-state index contributed by atoms with van der Waals surface area (Å²) in [6.45, 7) is 0. The second-order valence-corrected chi connectivity index (χ2v) is 7.65. The third-order valence-corrected chi connectivity index (χ3v) is 5.38. The van der Waals surface area contributed by atoms with Crippen molar-refractivity contribution < 1.29 is 22.7 Å². The summed E-state index contributed by atoms with van der Waals surface area (Å²) in [5, 5.41) is 6.38. The molecule has 0 unspecified atom stereocenters. The van der Waals surface area contributed by atoms with Gasteiger partial charge in [0, 0.05) is 11.3 Å². The number of ether oxygens (including phenoxy) is 1. The van der Waals surface area contributed by atoms with E-state index in [4.69, 9.17) is 4.74 Å². The Morgan fingerprint density at radius 1 is 1.03 bits per heavy atom. The van der Waals surface area contributed by atoms with Gasteiger partial charge < -0.3 is 15.0 Å². The molecule has 10 heteroatoms. The molecule has 176 valence electrons. The van der Waals surface area contributed by atoms with Gasteiger partial charge in [-0.2, -0.15) is 18.3 Å². The number of carbonyl (C=O) groups excluding carboxylic acids is 1. The van der Waals surface area contributed by atoms with Crippen molar-refractivity contribution in [2.45, 2.75) is 6.18 Å². The number of fused-ring (bicyclic) bond motifs is 1. The average molecular weight is 477 g/mol. The van der Waals surface area contributed by atoms with Crippen LogP contribution in [-0.4, -0.2) is 32.8 Å². The maximum absolute atomic E-state index is 14.0. The molecular formula is C25H18F3N5O2. The fraction of sp³-hybridized carbons (Fsp3) is 0.0800. The summed E-state index contributed by atoms with van der Waals surface area (Å²) in [6.07, 6.45) is -3.91. The van der Waals surface area contributed by atoms with E-state index in [9.17, 15) is 18.0 Å². The zero-order valence-electron chi connectivity index (χ0n) is 18.3. The largest absolute Gasteiger partial charge is 0.497 e. The number of aromatic nitrogens is 4. The maximum atomic E-state index is 14.0. The van der Waals surface area contributed by atoms with Crippen LogP contribution in [0.15, 0.2) is 79.0 Å². The quantitative estimate of drug-likeness (QED) is 0.340. The number of nitrogens with zero attached hydrogens (tertiary/aromatic N) is 3. The van der Waals surface area contributed by atoms with Crippen molar-refractivity contribution in [3.05, 3.63) is 90.3 Å². The van der Waals surface area contributed by atoms with Crippen LogP contribution in [0.5, 0.6) is 5.75 Å². The zero-order chi connectivity index (χ0) is 24.6. The molecule has 2 heterocycles. The molecule has 0 radical (unpaired) electrons. The first-order valence-electron chi connectivity index (χ1n) is 10.5. The van der Waals surface area contributed by atoms with Gasteiger partial charge in [-0.15, -0.1) is 0 Å². The van der Waals surface area contributed by atoms with E-state index >= 15 is 0 Å². The average Bonchev–Trinajstić information content (AvgIpc) is 3.49. The Hall–Kier alpha value is -4.60. The Labute approximate surface area is 197 Å². The van der Waals surface area contributed by atoms with Crippen molar-refractivity contribution in [1.29, 1.82) is 0 Å². The van der Waals surface area contributed by atoms with E-state index < -0.39 is 23.3 Å². The number of alkyl halides is 3. The molecule has 0 saturated carbocycles.